The number of pyridine rings is 1. The van der Waals surface area contributed by atoms with Gasteiger partial charge in [-0.1, -0.05) is 0 Å². The third-order valence-electron chi connectivity index (χ3n) is 2.11. The number of amides is 1. The van der Waals surface area contributed by atoms with Crippen LogP contribution < -0.4 is 10.7 Å². The highest BCUT2D eigenvalue weighted by Gasteiger charge is 2.08. The first-order valence-corrected chi connectivity index (χ1v) is 5.11. The second-order valence-electron chi connectivity index (χ2n) is 3.50. The normalized spacial score (nSPS) is 10.1. The molecule has 0 saturated carbocycles. The zero-order chi connectivity index (χ0) is 12.0. The molecule has 5 nitrogen and oxygen atoms in total. The Morgan fingerprint density at radius 1 is 1.56 bits per heavy atom. The molecule has 0 fully saturated rings. The molecule has 88 valence electrons. The molecule has 0 aromatic carbocycles. The van der Waals surface area contributed by atoms with Crippen LogP contribution in [0, 0.1) is 6.92 Å². The van der Waals surface area contributed by atoms with E-state index >= 15 is 0 Å². The molecular formula is C11H16N2O3. The molecule has 1 heterocycles. The number of methoxy groups -OCH3 is 1. The van der Waals surface area contributed by atoms with Gasteiger partial charge in [0, 0.05) is 38.2 Å². The van der Waals surface area contributed by atoms with Crippen LogP contribution in [-0.2, 0) is 4.74 Å². The number of aromatic nitrogens is 1. The highest BCUT2D eigenvalue weighted by Crippen LogP contribution is 1.92. The monoisotopic (exact) mass is 224 g/mol. The van der Waals surface area contributed by atoms with Crippen molar-refractivity contribution in [1.82, 2.24) is 10.3 Å². The smallest absolute Gasteiger partial charge is 0.256 e. The van der Waals surface area contributed by atoms with Crippen molar-refractivity contribution in [3.8, 4) is 0 Å². The maximum absolute atomic E-state index is 11.6. The van der Waals surface area contributed by atoms with Crippen molar-refractivity contribution >= 4 is 5.91 Å². The molecule has 0 spiro atoms. The van der Waals surface area contributed by atoms with E-state index in [4.69, 9.17) is 4.74 Å². The van der Waals surface area contributed by atoms with E-state index in [1.807, 2.05) is 0 Å². The Morgan fingerprint density at radius 2 is 2.31 bits per heavy atom. The Bertz CT molecular complexity index is 412. The Hall–Kier alpha value is -1.62. The summed E-state index contributed by atoms with van der Waals surface area (Å²) in [7, 11) is 1.60. The number of ether oxygens (including phenoxy) is 1. The highest BCUT2D eigenvalue weighted by atomic mass is 16.5. The molecular weight excluding hydrogens is 208 g/mol. The summed E-state index contributed by atoms with van der Waals surface area (Å²) >= 11 is 0. The fourth-order valence-electron chi connectivity index (χ4n) is 1.26. The van der Waals surface area contributed by atoms with Crippen LogP contribution in [0.15, 0.2) is 17.1 Å². The molecule has 0 saturated heterocycles. The van der Waals surface area contributed by atoms with Crippen molar-refractivity contribution in [2.24, 2.45) is 0 Å². The standard InChI is InChI=1S/C11H16N2O3/c1-8-6-10(14)9(7-13-8)11(15)12-4-3-5-16-2/h6-7H,3-5H2,1-2H3,(H,12,15)(H,13,14). The van der Waals surface area contributed by atoms with Gasteiger partial charge in [0.1, 0.15) is 5.56 Å². The SMILES string of the molecule is COCCCNC(=O)c1c[nH]c(C)cc1=O. The zero-order valence-electron chi connectivity index (χ0n) is 9.50. The second-order valence-corrected chi connectivity index (χ2v) is 3.50. The average molecular weight is 224 g/mol. The number of hydrogen-bond donors (Lipinski definition) is 2. The number of aryl methyl sites for hydroxylation is 1. The van der Waals surface area contributed by atoms with Crippen LogP contribution in [0.5, 0.6) is 0 Å². The topological polar surface area (TPSA) is 71.2 Å². The fourth-order valence-corrected chi connectivity index (χ4v) is 1.26. The van der Waals surface area contributed by atoms with Gasteiger partial charge in [-0.3, -0.25) is 9.59 Å². The Kier molecular flexibility index (Phi) is 4.72. The number of aromatic amines is 1. The lowest BCUT2D eigenvalue weighted by molar-refractivity contribution is 0.0947. The van der Waals surface area contributed by atoms with Crippen LogP contribution in [0.25, 0.3) is 0 Å². The molecule has 1 aromatic heterocycles. The highest BCUT2D eigenvalue weighted by molar-refractivity contribution is 5.93. The van der Waals surface area contributed by atoms with E-state index in [1.165, 1.54) is 12.3 Å². The first-order chi connectivity index (χ1) is 7.65. The minimum atomic E-state index is -0.350. The molecule has 0 atom stereocenters. The van der Waals surface area contributed by atoms with Crippen molar-refractivity contribution < 1.29 is 9.53 Å². The second kappa shape index (κ2) is 6.07. The molecule has 0 radical (unpaired) electrons. The molecule has 1 aromatic rings. The molecule has 1 rings (SSSR count). The molecule has 0 bridgehead atoms. The maximum atomic E-state index is 11.6. The van der Waals surface area contributed by atoms with Gasteiger partial charge in [0.15, 0.2) is 5.43 Å². The van der Waals surface area contributed by atoms with Gasteiger partial charge in [-0.05, 0) is 13.3 Å². The summed E-state index contributed by atoms with van der Waals surface area (Å²) in [5.41, 5.74) is 0.615. The molecule has 0 aliphatic heterocycles. The van der Waals surface area contributed by atoms with E-state index in [2.05, 4.69) is 10.3 Å². The van der Waals surface area contributed by atoms with Crippen LogP contribution >= 0.6 is 0 Å². The van der Waals surface area contributed by atoms with Gasteiger partial charge < -0.3 is 15.0 Å². The minimum Gasteiger partial charge on any atom is -0.385 e. The van der Waals surface area contributed by atoms with Gasteiger partial charge in [-0.2, -0.15) is 0 Å². The van der Waals surface area contributed by atoms with Crippen LogP contribution in [0.4, 0.5) is 0 Å². The molecule has 5 heteroatoms. The lowest BCUT2D eigenvalue weighted by Crippen LogP contribution is -2.29. The van der Waals surface area contributed by atoms with E-state index < -0.39 is 0 Å². The summed E-state index contributed by atoms with van der Waals surface area (Å²) in [6.07, 6.45) is 2.16. The number of H-pyrrole nitrogens is 1. The first kappa shape index (κ1) is 12.4. The number of carbonyl (C=O) groups is 1. The third-order valence-corrected chi connectivity index (χ3v) is 2.11. The van der Waals surface area contributed by atoms with Crippen molar-refractivity contribution in [3.05, 3.63) is 33.7 Å². The van der Waals surface area contributed by atoms with Crippen molar-refractivity contribution in [1.29, 1.82) is 0 Å². The average Bonchev–Trinajstić information content (AvgIpc) is 2.24. The summed E-state index contributed by atoms with van der Waals surface area (Å²) in [4.78, 5) is 25.9. The van der Waals surface area contributed by atoms with Gasteiger partial charge >= 0.3 is 0 Å². The lowest BCUT2D eigenvalue weighted by Gasteiger charge is -2.04. The van der Waals surface area contributed by atoms with Crippen LogP contribution in [0.1, 0.15) is 22.5 Å². The number of rotatable bonds is 5. The summed E-state index contributed by atoms with van der Waals surface area (Å²) in [5, 5.41) is 2.66. The van der Waals surface area contributed by atoms with Gasteiger partial charge in [0.25, 0.3) is 5.91 Å². The Balaban J connectivity index is 2.56. The predicted molar refractivity (Wildman–Crippen MR) is 60.6 cm³/mol. The van der Waals surface area contributed by atoms with Gasteiger partial charge in [-0.25, -0.2) is 0 Å². The first-order valence-electron chi connectivity index (χ1n) is 5.11. The van der Waals surface area contributed by atoms with E-state index in [0.717, 1.165) is 12.1 Å². The van der Waals surface area contributed by atoms with Crippen LogP contribution in [0.2, 0.25) is 0 Å². The number of nitrogens with one attached hydrogen (secondary N) is 2. The number of hydrogen-bond acceptors (Lipinski definition) is 3. The maximum Gasteiger partial charge on any atom is 0.256 e. The number of carbonyl (C=O) groups excluding carboxylic acids is 1. The van der Waals surface area contributed by atoms with Crippen molar-refractivity contribution in [2.75, 3.05) is 20.3 Å². The molecule has 16 heavy (non-hydrogen) atoms. The molecule has 1 amide bonds. The predicted octanol–water partition coefficient (Wildman–Crippen LogP) is 0.450. The minimum absolute atomic E-state index is 0.142. The van der Waals surface area contributed by atoms with Gasteiger partial charge in [-0.15, -0.1) is 0 Å². The fraction of sp³-hybridized carbons (Fsp3) is 0.455. The van der Waals surface area contributed by atoms with Crippen molar-refractivity contribution in [3.63, 3.8) is 0 Å². The summed E-state index contributed by atoms with van der Waals surface area (Å²) in [5.74, 6) is -0.350. The zero-order valence-corrected chi connectivity index (χ0v) is 9.50. The largest absolute Gasteiger partial charge is 0.385 e. The Morgan fingerprint density at radius 3 is 2.94 bits per heavy atom. The summed E-state index contributed by atoms with van der Waals surface area (Å²) in [6.45, 7) is 2.85. The van der Waals surface area contributed by atoms with E-state index in [9.17, 15) is 9.59 Å². The Labute approximate surface area is 93.8 Å². The van der Waals surface area contributed by atoms with Gasteiger partial charge in [0.05, 0.1) is 0 Å². The third kappa shape index (κ3) is 3.51. The molecule has 0 aliphatic carbocycles. The molecule has 0 aliphatic rings. The van der Waals surface area contributed by atoms with Crippen LogP contribution in [-0.4, -0.2) is 31.2 Å². The van der Waals surface area contributed by atoms with E-state index in [0.29, 0.717) is 13.2 Å². The summed E-state index contributed by atoms with van der Waals surface area (Å²) in [6, 6.07) is 1.41. The van der Waals surface area contributed by atoms with E-state index in [1.54, 1.807) is 14.0 Å². The van der Waals surface area contributed by atoms with Gasteiger partial charge in [0.2, 0.25) is 0 Å². The molecule has 2 N–H and O–H groups in total. The van der Waals surface area contributed by atoms with Crippen LogP contribution in [0.3, 0.4) is 0 Å². The summed E-state index contributed by atoms with van der Waals surface area (Å²) < 4.78 is 4.85. The van der Waals surface area contributed by atoms with E-state index in [-0.39, 0.29) is 16.9 Å². The lowest BCUT2D eigenvalue weighted by atomic mass is 10.2. The molecule has 0 unspecified atom stereocenters. The quantitative estimate of drug-likeness (QED) is 0.713. The van der Waals surface area contributed by atoms with Crippen molar-refractivity contribution in [2.45, 2.75) is 13.3 Å².